The number of ketones is 1. The molecule has 1 aliphatic carbocycles. The van der Waals surface area contributed by atoms with Crippen molar-refractivity contribution in [1.82, 2.24) is 0 Å². The van der Waals surface area contributed by atoms with Gasteiger partial charge in [-0.1, -0.05) is 6.08 Å². The SMILES string of the molecule is C=CCC1(OC)C=C2CC(c3cc(OC)c(OC)c(OC)c3)OC2=CC1=O. The standard InChI is InChI=1S/C21H24O6/c1-6-7-21(26-5)12-14-10-15(27-16(14)11-19(21)22)13-8-17(23-2)20(25-4)18(9-13)24-3/h6,8-9,11-12,15H,1,7,10H2,2-5H3. The molecule has 6 nitrogen and oxygen atoms in total. The van der Waals surface area contributed by atoms with E-state index in [0.717, 1.165) is 11.1 Å². The molecular weight excluding hydrogens is 348 g/mol. The summed E-state index contributed by atoms with van der Waals surface area (Å²) in [6.45, 7) is 3.73. The number of allylic oxidation sites excluding steroid dienone is 1. The van der Waals surface area contributed by atoms with Gasteiger partial charge in [-0.3, -0.25) is 4.79 Å². The summed E-state index contributed by atoms with van der Waals surface area (Å²) in [5.41, 5.74) is 0.811. The molecule has 0 bridgehead atoms. The highest BCUT2D eigenvalue weighted by molar-refractivity contribution is 6.01. The summed E-state index contributed by atoms with van der Waals surface area (Å²) in [5, 5.41) is 0. The smallest absolute Gasteiger partial charge is 0.203 e. The maximum atomic E-state index is 12.6. The van der Waals surface area contributed by atoms with Gasteiger partial charge in [-0.05, 0) is 23.8 Å². The van der Waals surface area contributed by atoms with Crippen LogP contribution < -0.4 is 14.2 Å². The predicted molar refractivity (Wildman–Crippen MR) is 100 cm³/mol. The third kappa shape index (κ3) is 3.21. The fourth-order valence-corrected chi connectivity index (χ4v) is 3.51. The predicted octanol–water partition coefficient (Wildman–Crippen LogP) is 3.53. The van der Waals surface area contributed by atoms with Gasteiger partial charge in [0.15, 0.2) is 22.9 Å². The van der Waals surface area contributed by atoms with Crippen LogP contribution in [0, 0.1) is 0 Å². The summed E-state index contributed by atoms with van der Waals surface area (Å²) < 4.78 is 27.8. The van der Waals surface area contributed by atoms with Crippen LogP contribution >= 0.6 is 0 Å². The fraction of sp³-hybridized carbons (Fsp3) is 0.381. The average molecular weight is 372 g/mol. The van der Waals surface area contributed by atoms with Gasteiger partial charge in [-0.15, -0.1) is 6.58 Å². The molecule has 1 saturated heterocycles. The van der Waals surface area contributed by atoms with Crippen LogP contribution in [0.5, 0.6) is 17.2 Å². The molecule has 0 aromatic heterocycles. The Morgan fingerprint density at radius 3 is 2.37 bits per heavy atom. The molecule has 1 aliphatic heterocycles. The van der Waals surface area contributed by atoms with Crippen molar-refractivity contribution in [1.29, 1.82) is 0 Å². The second-order valence-electron chi connectivity index (χ2n) is 6.40. The monoisotopic (exact) mass is 372 g/mol. The minimum atomic E-state index is -1.01. The lowest BCUT2D eigenvalue weighted by Crippen LogP contribution is -2.39. The summed E-state index contributed by atoms with van der Waals surface area (Å²) in [7, 11) is 6.24. The summed E-state index contributed by atoms with van der Waals surface area (Å²) in [6.07, 6.45) is 5.80. The maximum Gasteiger partial charge on any atom is 0.203 e. The number of methoxy groups -OCH3 is 4. The average Bonchev–Trinajstić information content (AvgIpc) is 3.09. The Labute approximate surface area is 159 Å². The second-order valence-corrected chi connectivity index (χ2v) is 6.40. The lowest BCUT2D eigenvalue weighted by atomic mass is 9.85. The zero-order valence-corrected chi connectivity index (χ0v) is 16.0. The summed E-state index contributed by atoms with van der Waals surface area (Å²) in [5.74, 6) is 2.08. The molecule has 0 spiro atoms. The highest BCUT2D eigenvalue weighted by atomic mass is 16.5. The van der Waals surface area contributed by atoms with Gasteiger partial charge in [0, 0.05) is 31.6 Å². The summed E-state index contributed by atoms with van der Waals surface area (Å²) >= 11 is 0. The van der Waals surface area contributed by atoms with E-state index in [0.29, 0.717) is 35.8 Å². The molecule has 144 valence electrons. The first kappa shape index (κ1) is 19.0. The first-order valence-electron chi connectivity index (χ1n) is 8.62. The summed E-state index contributed by atoms with van der Waals surface area (Å²) in [4.78, 5) is 12.6. The topological polar surface area (TPSA) is 63.2 Å². The van der Waals surface area contributed by atoms with E-state index in [-0.39, 0.29) is 11.9 Å². The Morgan fingerprint density at radius 2 is 1.85 bits per heavy atom. The Bertz CT molecular complexity index is 797. The number of fused-ring (bicyclic) bond motifs is 1. The Kier molecular flexibility index (Phi) is 5.28. The quantitative estimate of drug-likeness (QED) is 0.683. The third-order valence-electron chi connectivity index (χ3n) is 4.95. The second kappa shape index (κ2) is 7.48. The van der Waals surface area contributed by atoms with Gasteiger partial charge < -0.3 is 23.7 Å². The molecule has 27 heavy (non-hydrogen) atoms. The van der Waals surface area contributed by atoms with Gasteiger partial charge in [0.05, 0.1) is 21.3 Å². The van der Waals surface area contributed by atoms with E-state index in [1.165, 1.54) is 13.2 Å². The molecule has 2 aliphatic rings. The maximum absolute atomic E-state index is 12.6. The van der Waals surface area contributed by atoms with Crippen molar-refractivity contribution in [2.75, 3.05) is 28.4 Å². The summed E-state index contributed by atoms with van der Waals surface area (Å²) in [6, 6.07) is 3.72. The molecule has 2 unspecified atom stereocenters. The Hall–Kier alpha value is -2.73. The minimum absolute atomic E-state index is 0.144. The van der Waals surface area contributed by atoms with Crippen molar-refractivity contribution in [3.05, 3.63) is 53.8 Å². The van der Waals surface area contributed by atoms with E-state index in [9.17, 15) is 4.79 Å². The number of carbonyl (C=O) groups excluding carboxylic acids is 1. The molecule has 0 radical (unpaired) electrons. The lowest BCUT2D eigenvalue weighted by Gasteiger charge is -2.28. The van der Waals surface area contributed by atoms with Crippen molar-refractivity contribution in [3.63, 3.8) is 0 Å². The van der Waals surface area contributed by atoms with Gasteiger partial charge in [0.1, 0.15) is 11.9 Å². The van der Waals surface area contributed by atoms with Crippen LogP contribution in [0.3, 0.4) is 0 Å². The molecule has 2 atom stereocenters. The molecule has 6 heteroatoms. The largest absolute Gasteiger partial charge is 0.493 e. The molecule has 0 amide bonds. The van der Waals surface area contributed by atoms with E-state index in [1.54, 1.807) is 27.4 Å². The van der Waals surface area contributed by atoms with Crippen LogP contribution in [0.2, 0.25) is 0 Å². The van der Waals surface area contributed by atoms with Crippen molar-refractivity contribution in [3.8, 4) is 17.2 Å². The first-order valence-corrected chi connectivity index (χ1v) is 8.62. The van der Waals surface area contributed by atoms with E-state index >= 15 is 0 Å². The lowest BCUT2D eigenvalue weighted by molar-refractivity contribution is -0.130. The van der Waals surface area contributed by atoms with E-state index < -0.39 is 5.60 Å². The highest BCUT2D eigenvalue weighted by Crippen LogP contribution is 2.47. The Balaban J connectivity index is 1.97. The van der Waals surface area contributed by atoms with Gasteiger partial charge >= 0.3 is 0 Å². The third-order valence-corrected chi connectivity index (χ3v) is 4.95. The highest BCUT2D eigenvalue weighted by Gasteiger charge is 2.42. The van der Waals surface area contributed by atoms with Gasteiger partial charge in [0.2, 0.25) is 5.75 Å². The molecule has 3 rings (SSSR count). The normalized spacial score (nSPS) is 23.7. The van der Waals surface area contributed by atoms with Gasteiger partial charge in [0.25, 0.3) is 0 Å². The van der Waals surface area contributed by atoms with Crippen molar-refractivity contribution in [2.45, 2.75) is 24.5 Å². The number of carbonyl (C=O) groups is 1. The zero-order valence-electron chi connectivity index (χ0n) is 16.0. The van der Waals surface area contributed by atoms with Crippen molar-refractivity contribution in [2.24, 2.45) is 0 Å². The first-order chi connectivity index (χ1) is 13.0. The number of benzene rings is 1. The fourth-order valence-electron chi connectivity index (χ4n) is 3.51. The minimum Gasteiger partial charge on any atom is -0.493 e. The molecule has 1 heterocycles. The Morgan fingerprint density at radius 1 is 1.19 bits per heavy atom. The molecule has 1 aromatic rings. The van der Waals surface area contributed by atoms with E-state index in [4.69, 9.17) is 23.7 Å². The van der Waals surface area contributed by atoms with Crippen LogP contribution in [0.1, 0.15) is 24.5 Å². The molecule has 1 aromatic carbocycles. The van der Waals surface area contributed by atoms with Crippen molar-refractivity contribution < 1.29 is 28.5 Å². The van der Waals surface area contributed by atoms with E-state index in [1.807, 2.05) is 18.2 Å². The zero-order chi connectivity index (χ0) is 19.6. The molecular formula is C21H24O6. The number of ether oxygens (including phenoxy) is 5. The van der Waals surface area contributed by atoms with Crippen molar-refractivity contribution >= 4 is 5.78 Å². The number of rotatable bonds is 7. The van der Waals surface area contributed by atoms with Gasteiger partial charge in [-0.2, -0.15) is 0 Å². The molecule has 0 N–H and O–H groups in total. The van der Waals surface area contributed by atoms with Crippen LogP contribution in [0.4, 0.5) is 0 Å². The van der Waals surface area contributed by atoms with Crippen LogP contribution in [-0.2, 0) is 14.3 Å². The number of hydrogen-bond donors (Lipinski definition) is 0. The van der Waals surface area contributed by atoms with Crippen LogP contribution in [0.25, 0.3) is 0 Å². The molecule has 1 fully saturated rings. The van der Waals surface area contributed by atoms with Crippen LogP contribution in [0.15, 0.2) is 48.3 Å². The van der Waals surface area contributed by atoms with Gasteiger partial charge in [-0.25, -0.2) is 0 Å². The van der Waals surface area contributed by atoms with Crippen LogP contribution in [-0.4, -0.2) is 39.8 Å². The number of hydrogen-bond acceptors (Lipinski definition) is 6. The molecule has 0 saturated carbocycles. The van der Waals surface area contributed by atoms with E-state index in [2.05, 4.69) is 6.58 Å².